The highest BCUT2D eigenvalue weighted by molar-refractivity contribution is 6.08. The Morgan fingerprint density at radius 3 is 2.00 bits per heavy atom. The first-order valence-electron chi connectivity index (χ1n) is 1.62. The molecule has 0 aromatic carbocycles. The lowest BCUT2D eigenvalue weighted by molar-refractivity contribution is 1.08. The zero-order valence-electron chi connectivity index (χ0n) is 2.99. The zero-order valence-corrected chi connectivity index (χ0v) is 2.99. The molecule has 0 aliphatic rings. The summed E-state index contributed by atoms with van der Waals surface area (Å²) in [5, 5.41) is 0. The van der Waals surface area contributed by atoms with Gasteiger partial charge in [0.05, 0.1) is 7.85 Å². The third kappa shape index (κ3) is 2.06. The van der Waals surface area contributed by atoms with Crippen LogP contribution in [0.5, 0.6) is 0 Å². The van der Waals surface area contributed by atoms with E-state index >= 15 is 0 Å². The Kier molecular flexibility index (Phi) is 3.11. The molecule has 0 aliphatic heterocycles. The number of rotatable bonds is 1. The highest BCUT2D eigenvalue weighted by Gasteiger charge is 1.57. The van der Waals surface area contributed by atoms with E-state index in [1.165, 1.54) is 0 Å². The Morgan fingerprint density at radius 1 is 1.75 bits per heavy atom. The molecule has 0 saturated heterocycles. The molecule has 2 radical (unpaired) electrons. The monoisotopic (exact) mass is 54.1 g/mol. The van der Waals surface area contributed by atoms with Gasteiger partial charge in [-0.05, 0) is 0 Å². The standard InChI is InChI=1S/C3H7B/c1-2-3-4/h2-3H2,1H3. The van der Waals surface area contributed by atoms with E-state index < -0.39 is 0 Å². The van der Waals surface area contributed by atoms with Gasteiger partial charge in [0.15, 0.2) is 0 Å². The predicted octanol–water partition coefficient (Wildman–Crippen LogP) is 0.983. The molecule has 0 bridgehead atoms. The van der Waals surface area contributed by atoms with Gasteiger partial charge in [0.25, 0.3) is 0 Å². The quantitative estimate of drug-likeness (QED) is 0.391. The molecule has 0 amide bonds. The minimum absolute atomic E-state index is 0.819. The Hall–Kier alpha value is 0.0649. The van der Waals surface area contributed by atoms with Crippen LogP contribution in [0.25, 0.3) is 0 Å². The number of hydrogen-bond acceptors (Lipinski definition) is 0. The maximum atomic E-state index is 5.03. The van der Waals surface area contributed by atoms with E-state index in [1.807, 2.05) is 0 Å². The second kappa shape index (κ2) is 3.06. The van der Waals surface area contributed by atoms with Crippen LogP contribution in [0, 0.1) is 0 Å². The summed E-state index contributed by atoms with van der Waals surface area (Å²) in [4.78, 5) is 0. The first kappa shape index (κ1) is 4.06. The molecular formula is C3H7B. The first-order chi connectivity index (χ1) is 1.91. The second-order valence-electron chi connectivity index (χ2n) is 0.789. The minimum atomic E-state index is 0.819. The second-order valence-corrected chi connectivity index (χ2v) is 0.789. The average Bonchev–Trinajstić information content (AvgIpc) is 1.37. The summed E-state index contributed by atoms with van der Waals surface area (Å²) in [6.07, 6.45) is 1.92. The van der Waals surface area contributed by atoms with Crippen LogP contribution < -0.4 is 0 Å². The molecule has 1 heteroatoms. The van der Waals surface area contributed by atoms with Crippen molar-refractivity contribution < 1.29 is 0 Å². The zero-order chi connectivity index (χ0) is 3.41. The van der Waals surface area contributed by atoms with Crippen molar-refractivity contribution in [2.75, 3.05) is 0 Å². The molecule has 0 heterocycles. The first-order valence-corrected chi connectivity index (χ1v) is 1.62. The summed E-state index contributed by atoms with van der Waals surface area (Å²) in [5.41, 5.74) is 0. The minimum Gasteiger partial charge on any atom is -0.0889 e. The Labute approximate surface area is 28.6 Å². The molecule has 0 aromatic rings. The van der Waals surface area contributed by atoms with Crippen LogP contribution in [-0.4, -0.2) is 7.85 Å². The molecule has 0 aliphatic carbocycles. The third-order valence-corrected chi connectivity index (χ3v) is 0.289. The van der Waals surface area contributed by atoms with Crippen molar-refractivity contribution in [1.82, 2.24) is 0 Å². The Balaban J connectivity index is 1.97. The van der Waals surface area contributed by atoms with Crippen molar-refractivity contribution in [2.24, 2.45) is 0 Å². The summed E-state index contributed by atoms with van der Waals surface area (Å²) < 4.78 is 0. The molecule has 4 heavy (non-hydrogen) atoms. The molecule has 0 rings (SSSR count). The molecule has 0 atom stereocenters. The smallest absolute Gasteiger partial charge is 0.0652 e. The average molecular weight is 53.9 g/mol. The summed E-state index contributed by atoms with van der Waals surface area (Å²) in [6.45, 7) is 2.06. The Morgan fingerprint density at radius 2 is 2.00 bits per heavy atom. The van der Waals surface area contributed by atoms with Crippen LogP contribution in [0.2, 0.25) is 6.32 Å². The van der Waals surface area contributed by atoms with Crippen LogP contribution in [-0.2, 0) is 0 Å². The molecule has 0 saturated carbocycles. The van der Waals surface area contributed by atoms with E-state index in [1.54, 1.807) is 0 Å². The van der Waals surface area contributed by atoms with Crippen molar-refractivity contribution in [3.8, 4) is 0 Å². The van der Waals surface area contributed by atoms with E-state index in [2.05, 4.69) is 6.92 Å². The van der Waals surface area contributed by atoms with Crippen LogP contribution in [0.1, 0.15) is 13.3 Å². The van der Waals surface area contributed by atoms with Gasteiger partial charge in [-0.15, -0.1) is 0 Å². The highest BCUT2D eigenvalue weighted by Crippen LogP contribution is 1.73. The molecule has 0 fully saturated rings. The van der Waals surface area contributed by atoms with Gasteiger partial charge in [0, 0.05) is 0 Å². The van der Waals surface area contributed by atoms with Gasteiger partial charge in [-0.25, -0.2) is 0 Å². The van der Waals surface area contributed by atoms with E-state index in [-0.39, 0.29) is 0 Å². The van der Waals surface area contributed by atoms with E-state index in [0.29, 0.717) is 0 Å². The van der Waals surface area contributed by atoms with Crippen molar-refractivity contribution in [1.29, 1.82) is 0 Å². The number of hydrogen-bond donors (Lipinski definition) is 0. The molecule has 0 nitrogen and oxygen atoms in total. The van der Waals surface area contributed by atoms with Crippen molar-refractivity contribution in [3.05, 3.63) is 0 Å². The highest BCUT2D eigenvalue weighted by atomic mass is 13.5. The summed E-state index contributed by atoms with van der Waals surface area (Å²) in [5.74, 6) is 0. The fourth-order valence-corrected chi connectivity index (χ4v) is 0. The van der Waals surface area contributed by atoms with Crippen LogP contribution in [0.4, 0.5) is 0 Å². The third-order valence-electron chi connectivity index (χ3n) is 0.289. The molecule has 0 unspecified atom stereocenters. The molecule has 0 spiro atoms. The van der Waals surface area contributed by atoms with E-state index in [0.717, 1.165) is 12.7 Å². The van der Waals surface area contributed by atoms with Crippen molar-refractivity contribution in [2.45, 2.75) is 19.7 Å². The van der Waals surface area contributed by atoms with Gasteiger partial charge in [-0.3, -0.25) is 0 Å². The summed E-state index contributed by atoms with van der Waals surface area (Å²) in [6, 6.07) is 0. The lowest BCUT2D eigenvalue weighted by Gasteiger charge is -1.67. The van der Waals surface area contributed by atoms with Crippen LogP contribution >= 0.6 is 0 Å². The fraction of sp³-hybridized carbons (Fsp3) is 1.00. The normalized spacial score (nSPS) is 7.25. The van der Waals surface area contributed by atoms with Gasteiger partial charge in [0.1, 0.15) is 0 Å². The SMILES string of the molecule is [B]CCC. The lowest BCUT2D eigenvalue weighted by Crippen LogP contribution is -1.55. The van der Waals surface area contributed by atoms with Gasteiger partial charge in [-0.2, -0.15) is 0 Å². The predicted molar refractivity (Wildman–Crippen MR) is 20.9 cm³/mol. The molecule has 22 valence electrons. The van der Waals surface area contributed by atoms with Crippen LogP contribution in [0.3, 0.4) is 0 Å². The van der Waals surface area contributed by atoms with E-state index in [9.17, 15) is 0 Å². The fourth-order valence-electron chi connectivity index (χ4n) is 0. The van der Waals surface area contributed by atoms with E-state index in [4.69, 9.17) is 7.85 Å². The van der Waals surface area contributed by atoms with Gasteiger partial charge in [-0.1, -0.05) is 19.7 Å². The van der Waals surface area contributed by atoms with Gasteiger partial charge < -0.3 is 0 Å². The Bertz CT molecular complexity index is 5.25. The topological polar surface area (TPSA) is 0 Å². The van der Waals surface area contributed by atoms with Gasteiger partial charge >= 0.3 is 0 Å². The van der Waals surface area contributed by atoms with Crippen molar-refractivity contribution in [3.63, 3.8) is 0 Å². The molecule has 0 N–H and O–H groups in total. The van der Waals surface area contributed by atoms with Crippen molar-refractivity contribution >= 4 is 7.85 Å². The largest absolute Gasteiger partial charge is 0.0889 e. The van der Waals surface area contributed by atoms with Gasteiger partial charge in [0.2, 0.25) is 0 Å². The molecule has 0 aromatic heterocycles. The maximum absolute atomic E-state index is 5.03. The lowest BCUT2D eigenvalue weighted by atomic mass is 10.0. The summed E-state index contributed by atoms with van der Waals surface area (Å²) in [7, 11) is 5.03. The molecular weight excluding hydrogens is 46.8 g/mol. The van der Waals surface area contributed by atoms with Crippen LogP contribution in [0.15, 0.2) is 0 Å². The maximum Gasteiger partial charge on any atom is 0.0652 e. The summed E-state index contributed by atoms with van der Waals surface area (Å²) >= 11 is 0.